The molecule has 0 bridgehead atoms. The Bertz CT molecular complexity index is 1270. The summed E-state index contributed by atoms with van der Waals surface area (Å²) in [5.41, 5.74) is 3.31. The first-order valence-corrected chi connectivity index (χ1v) is 11.1. The van der Waals surface area contributed by atoms with Gasteiger partial charge in [0.25, 0.3) is 0 Å². The van der Waals surface area contributed by atoms with E-state index in [9.17, 15) is 4.79 Å². The van der Waals surface area contributed by atoms with Gasteiger partial charge < -0.3 is 19.9 Å². The fourth-order valence-corrected chi connectivity index (χ4v) is 4.56. The second-order valence-corrected chi connectivity index (χ2v) is 8.43. The Morgan fingerprint density at radius 1 is 1.16 bits per heavy atom. The number of amides is 1. The number of aromatic amines is 1. The topological polar surface area (TPSA) is 113 Å². The number of H-pyrrole nitrogens is 1. The van der Waals surface area contributed by atoms with Crippen LogP contribution in [0, 0.1) is 5.92 Å². The lowest BCUT2D eigenvalue weighted by Gasteiger charge is -2.32. The highest BCUT2D eigenvalue weighted by Crippen LogP contribution is 2.29. The SMILES string of the molecule is O=C(Nc1ccc2nc(C3CCCO3)[nH]c2c1)C1CCN(c2ccc3nncn3n2)CC1. The molecule has 0 aliphatic carbocycles. The van der Waals surface area contributed by atoms with Crippen LogP contribution in [0.2, 0.25) is 0 Å². The first kappa shape index (κ1) is 19.2. The van der Waals surface area contributed by atoms with Gasteiger partial charge in [0, 0.05) is 31.3 Å². The minimum absolute atomic E-state index is 0.0233. The van der Waals surface area contributed by atoms with Crippen molar-refractivity contribution in [3.8, 4) is 0 Å². The third-order valence-corrected chi connectivity index (χ3v) is 6.34. The molecule has 10 heteroatoms. The molecule has 3 aromatic heterocycles. The molecule has 2 saturated heterocycles. The second-order valence-electron chi connectivity index (χ2n) is 8.43. The van der Waals surface area contributed by atoms with Gasteiger partial charge in [-0.05, 0) is 56.0 Å². The first-order valence-electron chi connectivity index (χ1n) is 11.1. The average molecular weight is 432 g/mol. The van der Waals surface area contributed by atoms with Gasteiger partial charge >= 0.3 is 0 Å². The van der Waals surface area contributed by atoms with Crippen LogP contribution >= 0.6 is 0 Å². The van der Waals surface area contributed by atoms with E-state index >= 15 is 0 Å². The number of hydrogen-bond acceptors (Lipinski definition) is 7. The zero-order valence-electron chi connectivity index (χ0n) is 17.6. The van der Waals surface area contributed by atoms with Crippen LogP contribution in [0.25, 0.3) is 16.7 Å². The summed E-state index contributed by atoms with van der Waals surface area (Å²) in [6.45, 7) is 2.35. The number of fused-ring (bicyclic) bond motifs is 2. The molecule has 164 valence electrons. The molecule has 10 nitrogen and oxygen atoms in total. The zero-order valence-corrected chi connectivity index (χ0v) is 17.6. The van der Waals surface area contributed by atoms with Crippen LogP contribution < -0.4 is 10.2 Å². The maximum absolute atomic E-state index is 12.9. The van der Waals surface area contributed by atoms with Gasteiger partial charge in [-0.1, -0.05) is 0 Å². The summed E-state index contributed by atoms with van der Waals surface area (Å²) in [5.74, 6) is 1.78. The number of carbonyl (C=O) groups excluding carboxylic acids is 1. The van der Waals surface area contributed by atoms with Gasteiger partial charge in [0.1, 0.15) is 24.1 Å². The minimum Gasteiger partial charge on any atom is -0.370 e. The smallest absolute Gasteiger partial charge is 0.227 e. The average Bonchev–Trinajstić information content (AvgIpc) is 3.58. The molecule has 5 heterocycles. The zero-order chi connectivity index (χ0) is 21.5. The molecule has 1 aromatic carbocycles. The number of ether oxygens (including phenoxy) is 1. The molecule has 1 amide bonds. The molecule has 6 rings (SSSR count). The van der Waals surface area contributed by atoms with Crippen LogP contribution in [0.3, 0.4) is 0 Å². The molecule has 1 unspecified atom stereocenters. The standard InChI is InChI=1S/C22H24N8O2/c31-22(14-7-9-29(10-8-14)20-6-5-19-27-23-13-30(19)28-20)24-15-3-4-16-17(12-15)26-21(25-16)18-2-1-11-32-18/h3-6,12-14,18H,1-2,7-11H2,(H,24,31)(H,25,26). The summed E-state index contributed by atoms with van der Waals surface area (Å²) in [7, 11) is 0. The number of carbonyl (C=O) groups is 1. The highest BCUT2D eigenvalue weighted by Gasteiger charge is 2.26. The van der Waals surface area contributed by atoms with Crippen LogP contribution in [-0.4, -0.2) is 55.4 Å². The summed E-state index contributed by atoms with van der Waals surface area (Å²) in [4.78, 5) is 23.1. The largest absolute Gasteiger partial charge is 0.370 e. The number of hydrogen-bond donors (Lipinski definition) is 2. The van der Waals surface area contributed by atoms with E-state index in [1.54, 1.807) is 10.8 Å². The van der Waals surface area contributed by atoms with Crippen molar-refractivity contribution in [3.63, 3.8) is 0 Å². The molecule has 4 aromatic rings. The van der Waals surface area contributed by atoms with Gasteiger partial charge in [0.2, 0.25) is 5.91 Å². The lowest BCUT2D eigenvalue weighted by atomic mass is 9.96. The molecule has 0 radical (unpaired) electrons. The van der Waals surface area contributed by atoms with E-state index in [2.05, 4.69) is 35.5 Å². The molecule has 2 aliphatic heterocycles. The van der Waals surface area contributed by atoms with E-state index in [-0.39, 0.29) is 17.9 Å². The Hall–Kier alpha value is -3.53. The third kappa shape index (κ3) is 3.56. The lowest BCUT2D eigenvalue weighted by Crippen LogP contribution is -2.38. The van der Waals surface area contributed by atoms with E-state index in [4.69, 9.17) is 4.74 Å². The fourth-order valence-electron chi connectivity index (χ4n) is 4.56. The Morgan fingerprint density at radius 3 is 2.91 bits per heavy atom. The van der Waals surface area contributed by atoms with Crippen molar-refractivity contribution < 1.29 is 9.53 Å². The van der Waals surface area contributed by atoms with Crippen molar-refractivity contribution >= 4 is 34.1 Å². The van der Waals surface area contributed by atoms with E-state index in [1.165, 1.54) is 0 Å². The number of nitrogens with one attached hydrogen (secondary N) is 2. The van der Waals surface area contributed by atoms with E-state index in [0.717, 1.165) is 79.4 Å². The Labute approximate surface area is 184 Å². The molecule has 1 atom stereocenters. The van der Waals surface area contributed by atoms with Crippen LogP contribution in [0.5, 0.6) is 0 Å². The summed E-state index contributed by atoms with van der Waals surface area (Å²) in [6, 6.07) is 9.66. The summed E-state index contributed by atoms with van der Waals surface area (Å²) in [5, 5.41) is 15.5. The number of piperidine rings is 1. The highest BCUT2D eigenvalue weighted by atomic mass is 16.5. The van der Waals surface area contributed by atoms with Crippen LogP contribution in [0.15, 0.2) is 36.7 Å². The molecule has 2 fully saturated rings. The number of rotatable bonds is 4. The van der Waals surface area contributed by atoms with Gasteiger partial charge in [-0.25, -0.2) is 4.98 Å². The van der Waals surface area contributed by atoms with Crippen molar-refractivity contribution in [2.24, 2.45) is 5.92 Å². The van der Waals surface area contributed by atoms with Gasteiger partial charge in [-0.15, -0.1) is 15.3 Å². The minimum atomic E-state index is -0.0233. The van der Waals surface area contributed by atoms with Gasteiger partial charge in [-0.2, -0.15) is 4.52 Å². The first-order chi connectivity index (χ1) is 15.7. The number of anilines is 2. The van der Waals surface area contributed by atoms with Crippen molar-refractivity contribution in [3.05, 3.63) is 42.5 Å². The van der Waals surface area contributed by atoms with E-state index in [0.29, 0.717) is 0 Å². The number of imidazole rings is 1. The van der Waals surface area contributed by atoms with Crippen LogP contribution in [-0.2, 0) is 9.53 Å². The number of nitrogens with zero attached hydrogens (tertiary/aromatic N) is 6. The maximum atomic E-state index is 12.9. The van der Waals surface area contributed by atoms with E-state index < -0.39 is 0 Å². The molecule has 0 spiro atoms. The predicted molar refractivity (Wildman–Crippen MR) is 118 cm³/mol. The molecular formula is C22H24N8O2. The summed E-state index contributed by atoms with van der Waals surface area (Å²) < 4.78 is 7.39. The molecular weight excluding hydrogens is 408 g/mol. The van der Waals surface area contributed by atoms with Crippen LogP contribution in [0.1, 0.15) is 37.6 Å². The monoisotopic (exact) mass is 432 g/mol. The highest BCUT2D eigenvalue weighted by molar-refractivity contribution is 5.94. The molecule has 2 aliphatic rings. The molecule has 0 saturated carbocycles. The predicted octanol–water partition coefficient (Wildman–Crippen LogP) is 2.71. The lowest BCUT2D eigenvalue weighted by molar-refractivity contribution is -0.120. The normalized spacial score (nSPS) is 19.8. The van der Waals surface area contributed by atoms with Crippen molar-refractivity contribution in [1.82, 2.24) is 29.8 Å². The maximum Gasteiger partial charge on any atom is 0.227 e. The van der Waals surface area contributed by atoms with Crippen LogP contribution in [0.4, 0.5) is 11.5 Å². The quantitative estimate of drug-likeness (QED) is 0.510. The van der Waals surface area contributed by atoms with Crippen molar-refractivity contribution in [2.45, 2.75) is 31.8 Å². The summed E-state index contributed by atoms with van der Waals surface area (Å²) in [6.07, 6.45) is 5.26. The van der Waals surface area contributed by atoms with E-state index in [1.807, 2.05) is 30.3 Å². The Morgan fingerprint density at radius 2 is 2.06 bits per heavy atom. The molecule has 2 N–H and O–H groups in total. The van der Waals surface area contributed by atoms with Crippen molar-refractivity contribution in [2.75, 3.05) is 29.9 Å². The number of benzene rings is 1. The van der Waals surface area contributed by atoms with Crippen molar-refractivity contribution in [1.29, 1.82) is 0 Å². The van der Waals surface area contributed by atoms with Gasteiger partial charge in [0.15, 0.2) is 5.65 Å². The second kappa shape index (κ2) is 7.86. The molecule has 32 heavy (non-hydrogen) atoms. The number of aromatic nitrogens is 6. The Kier molecular flexibility index (Phi) is 4.71. The Balaban J connectivity index is 1.09. The fraction of sp³-hybridized carbons (Fsp3) is 0.409. The van der Waals surface area contributed by atoms with Gasteiger partial charge in [-0.3, -0.25) is 4.79 Å². The summed E-state index contributed by atoms with van der Waals surface area (Å²) >= 11 is 0. The van der Waals surface area contributed by atoms with Gasteiger partial charge in [0.05, 0.1) is 11.0 Å². The third-order valence-electron chi connectivity index (χ3n) is 6.34.